The molecule has 0 unspecified atom stereocenters. The molecule has 0 radical (unpaired) electrons. The van der Waals surface area contributed by atoms with Crippen LogP contribution >= 0.6 is 0 Å². The van der Waals surface area contributed by atoms with Gasteiger partial charge >= 0.3 is 24.1 Å². The number of alkyl carbamates (subject to hydrolysis) is 2. The fraction of sp³-hybridized carbons (Fsp3) is 0.422. The van der Waals surface area contributed by atoms with Crippen LogP contribution in [0.25, 0.3) is 34.0 Å². The van der Waals surface area contributed by atoms with E-state index in [2.05, 4.69) is 20.6 Å². The van der Waals surface area contributed by atoms with E-state index in [0.717, 1.165) is 38.6 Å². The van der Waals surface area contributed by atoms with Gasteiger partial charge < -0.3 is 30.0 Å². The number of carbonyl (C=O) groups is 4. The number of pyridine rings is 2. The van der Waals surface area contributed by atoms with Crippen molar-refractivity contribution in [1.29, 1.82) is 0 Å². The van der Waals surface area contributed by atoms with Gasteiger partial charge in [0.2, 0.25) is 0 Å². The Morgan fingerprint density at radius 1 is 0.614 bits per heavy atom. The van der Waals surface area contributed by atoms with E-state index in [1.807, 2.05) is 128 Å². The van der Waals surface area contributed by atoms with E-state index in [-0.39, 0.29) is 18.1 Å². The van der Waals surface area contributed by atoms with Crippen molar-refractivity contribution in [2.24, 2.45) is 10.8 Å². The minimum absolute atomic E-state index is 0.294. The number of nitrogens with zero attached hydrogens (tertiary/aromatic N) is 2. The normalized spacial score (nSPS) is 13.4. The Labute approximate surface area is 336 Å². The maximum Gasteiger partial charge on any atom is 0.408 e. The maximum absolute atomic E-state index is 12.0. The number of hydrogen-bond donors (Lipinski definition) is 3. The highest BCUT2D eigenvalue weighted by atomic mass is 16.6. The van der Waals surface area contributed by atoms with Crippen LogP contribution in [0.15, 0.2) is 72.8 Å². The van der Waals surface area contributed by atoms with Crippen molar-refractivity contribution >= 4 is 58.1 Å². The molecule has 0 saturated carbocycles. The summed E-state index contributed by atoms with van der Waals surface area (Å²) in [5.41, 5.74) is 2.02. The number of nitrogens with one attached hydrogen (secondary N) is 2. The van der Waals surface area contributed by atoms with Gasteiger partial charge in [-0.25, -0.2) is 9.59 Å². The number of aliphatic carboxylic acids is 1. The second-order valence-electron chi connectivity index (χ2n) is 17.0. The number of hydrogen-bond acceptors (Lipinski definition) is 9. The number of esters is 1. The van der Waals surface area contributed by atoms with Crippen LogP contribution in [0.3, 0.4) is 0 Å². The first-order valence-corrected chi connectivity index (χ1v) is 18.8. The lowest BCUT2D eigenvalue weighted by atomic mass is 9.92. The molecule has 0 aliphatic carbocycles. The van der Waals surface area contributed by atoms with Crippen molar-refractivity contribution in [2.75, 3.05) is 7.11 Å². The molecular formula is C45H58N4O8. The number of carbonyl (C=O) groups excluding carboxylic acids is 3. The average molecular weight is 783 g/mol. The van der Waals surface area contributed by atoms with Crippen molar-refractivity contribution in [3.63, 3.8) is 0 Å². The Hall–Kier alpha value is -5.78. The van der Waals surface area contributed by atoms with E-state index in [4.69, 9.17) is 14.2 Å². The quantitative estimate of drug-likeness (QED) is 0.104. The molecule has 0 aliphatic rings. The monoisotopic (exact) mass is 782 g/mol. The lowest BCUT2D eigenvalue weighted by Crippen LogP contribution is -2.34. The molecular weight excluding hydrogens is 725 g/mol. The van der Waals surface area contributed by atoms with Crippen molar-refractivity contribution in [2.45, 2.75) is 106 Å². The highest BCUT2D eigenvalue weighted by molar-refractivity contribution is 5.84. The van der Waals surface area contributed by atoms with Crippen molar-refractivity contribution in [1.82, 2.24) is 20.6 Å². The predicted molar refractivity (Wildman–Crippen MR) is 224 cm³/mol. The Morgan fingerprint density at radius 2 is 0.982 bits per heavy atom. The van der Waals surface area contributed by atoms with Gasteiger partial charge in [-0.2, -0.15) is 0 Å². The Balaban J connectivity index is 0.000000306. The first-order chi connectivity index (χ1) is 26.3. The van der Waals surface area contributed by atoms with Crippen LogP contribution in [0.4, 0.5) is 9.59 Å². The largest absolute Gasteiger partial charge is 0.481 e. The summed E-state index contributed by atoms with van der Waals surface area (Å²) >= 11 is 0. The fourth-order valence-electron chi connectivity index (χ4n) is 5.12. The number of carboxylic acids is 1. The molecule has 12 heteroatoms. The second-order valence-corrected chi connectivity index (χ2v) is 17.0. The molecule has 0 bridgehead atoms. The third-order valence-electron chi connectivity index (χ3n) is 8.48. The molecule has 2 aromatic heterocycles. The maximum atomic E-state index is 12.0. The van der Waals surface area contributed by atoms with Gasteiger partial charge in [0.25, 0.3) is 0 Å². The number of ether oxygens (including phenoxy) is 3. The van der Waals surface area contributed by atoms with Crippen LogP contribution in [0.2, 0.25) is 0 Å². The van der Waals surface area contributed by atoms with Gasteiger partial charge in [0.15, 0.2) is 0 Å². The Morgan fingerprint density at radius 3 is 1.33 bits per heavy atom. The number of aromatic nitrogens is 2. The third kappa shape index (κ3) is 14.3. The molecule has 0 fully saturated rings. The summed E-state index contributed by atoms with van der Waals surface area (Å²) in [6.07, 6.45) is 6.17. The van der Waals surface area contributed by atoms with Gasteiger partial charge in [-0.05, 0) is 118 Å². The number of carboxylic acid groups (broad SMARTS) is 1. The molecule has 3 N–H and O–H groups in total. The first-order valence-electron chi connectivity index (χ1n) is 18.8. The van der Waals surface area contributed by atoms with E-state index < -0.39 is 40.2 Å². The van der Waals surface area contributed by atoms with Crippen molar-refractivity contribution < 1.29 is 38.5 Å². The van der Waals surface area contributed by atoms with Crippen molar-refractivity contribution in [3.8, 4) is 0 Å². The van der Waals surface area contributed by atoms with Crippen LogP contribution in [0.5, 0.6) is 0 Å². The number of methoxy groups -OCH3 is 1. The molecule has 2 heterocycles. The standard InChI is InChI=1S/C23H30N2O4.C22H28N2O4/c1-15(24-21(27)29-22(2,3)4)18-11-10-17-9-8-16(14-19(17)25-18)12-13-23(5,6)20(26)28-7;1-14(23-20(27)28-21(2,3)4)17-10-9-16-8-7-15(13-18(16)24-17)11-12-22(5,6)19(25)26/h8-15H,1-7H3,(H,24,27);7-14H,1-6H3,(H,23,27)(H,25,26)/b13-12+;12-11+/t15-;14-/m11/s1. The zero-order valence-corrected chi connectivity index (χ0v) is 35.4. The average Bonchev–Trinajstić information content (AvgIpc) is 3.10. The van der Waals surface area contributed by atoms with Gasteiger partial charge in [0.1, 0.15) is 11.2 Å². The molecule has 4 aromatic rings. The zero-order chi connectivity index (χ0) is 42.9. The SMILES string of the molecule is COC(=O)C(C)(C)/C=C/c1ccc2ccc([C@@H](C)NC(=O)OC(C)(C)C)nc2c1.C[C@@H](NC(=O)OC(C)(C)C)c1ccc2ccc(/C=C/C(C)(C)C(=O)O)cc2n1. The summed E-state index contributed by atoms with van der Waals surface area (Å²) < 4.78 is 15.4. The Kier molecular flexibility index (Phi) is 14.8. The topological polar surface area (TPSA) is 166 Å². The molecule has 0 aliphatic heterocycles. The molecule has 2 aromatic carbocycles. The highest BCUT2D eigenvalue weighted by Crippen LogP contribution is 2.25. The van der Waals surface area contributed by atoms with E-state index in [9.17, 15) is 24.3 Å². The molecule has 2 atom stereocenters. The van der Waals surface area contributed by atoms with Crippen LogP contribution in [0.1, 0.15) is 118 Å². The van der Waals surface area contributed by atoms with Gasteiger partial charge in [0, 0.05) is 10.8 Å². The molecule has 12 nitrogen and oxygen atoms in total. The second kappa shape index (κ2) is 18.4. The lowest BCUT2D eigenvalue weighted by Gasteiger charge is -2.22. The van der Waals surface area contributed by atoms with Gasteiger partial charge in [-0.15, -0.1) is 0 Å². The summed E-state index contributed by atoms with van der Waals surface area (Å²) in [6, 6.07) is 18.7. The first kappa shape index (κ1) is 45.6. The van der Waals surface area contributed by atoms with Crippen LogP contribution in [-0.2, 0) is 23.8 Å². The minimum atomic E-state index is -0.948. The van der Waals surface area contributed by atoms with E-state index in [1.165, 1.54) is 7.11 Å². The molecule has 2 amide bonds. The summed E-state index contributed by atoms with van der Waals surface area (Å²) in [5.74, 6) is -1.18. The predicted octanol–water partition coefficient (Wildman–Crippen LogP) is 9.98. The minimum Gasteiger partial charge on any atom is -0.481 e. The van der Waals surface area contributed by atoms with E-state index >= 15 is 0 Å². The summed E-state index contributed by atoms with van der Waals surface area (Å²) in [4.78, 5) is 56.4. The number of rotatable bonds is 10. The molecule has 0 saturated heterocycles. The molecule has 0 spiro atoms. The summed E-state index contributed by atoms with van der Waals surface area (Å²) in [6.45, 7) is 21.5. The van der Waals surface area contributed by atoms with Crippen molar-refractivity contribution in [3.05, 3.63) is 95.3 Å². The third-order valence-corrected chi connectivity index (χ3v) is 8.48. The van der Waals surface area contributed by atoms with Crippen LogP contribution in [0, 0.1) is 10.8 Å². The molecule has 4 rings (SSSR count). The summed E-state index contributed by atoms with van der Waals surface area (Å²) in [7, 11) is 1.38. The smallest absolute Gasteiger partial charge is 0.408 e. The molecule has 306 valence electrons. The van der Waals surface area contributed by atoms with Gasteiger partial charge in [-0.1, -0.05) is 60.7 Å². The lowest BCUT2D eigenvalue weighted by molar-refractivity contribution is -0.148. The zero-order valence-electron chi connectivity index (χ0n) is 35.4. The number of benzene rings is 2. The van der Waals surface area contributed by atoms with E-state index in [1.54, 1.807) is 39.8 Å². The Bertz CT molecular complexity index is 2140. The van der Waals surface area contributed by atoms with Crippen LogP contribution < -0.4 is 10.6 Å². The highest BCUT2D eigenvalue weighted by Gasteiger charge is 2.26. The molecule has 57 heavy (non-hydrogen) atoms. The van der Waals surface area contributed by atoms with Gasteiger partial charge in [-0.3, -0.25) is 19.6 Å². The van der Waals surface area contributed by atoms with Crippen LogP contribution in [-0.4, -0.2) is 57.5 Å². The van der Waals surface area contributed by atoms with Gasteiger partial charge in [0.05, 0.1) is 52.4 Å². The summed E-state index contributed by atoms with van der Waals surface area (Å²) in [5, 5.41) is 16.8. The van der Waals surface area contributed by atoms with E-state index in [0.29, 0.717) is 5.69 Å². The number of fused-ring (bicyclic) bond motifs is 2. The fourth-order valence-corrected chi connectivity index (χ4v) is 5.12. The number of amides is 2.